The highest BCUT2D eigenvalue weighted by Crippen LogP contribution is 2.14. The molecule has 0 atom stereocenters. The van der Waals surface area contributed by atoms with Crippen LogP contribution in [0.5, 0.6) is 0 Å². The van der Waals surface area contributed by atoms with Crippen molar-refractivity contribution in [2.75, 3.05) is 0 Å². The Labute approximate surface area is 149 Å². The van der Waals surface area contributed by atoms with Crippen LogP contribution in [0.1, 0.15) is 24.0 Å². The topological polar surface area (TPSA) is 81.4 Å². The van der Waals surface area contributed by atoms with Gasteiger partial charge in [-0.25, -0.2) is 4.98 Å². The molecule has 0 amide bonds. The van der Waals surface area contributed by atoms with Crippen LogP contribution in [0.25, 0.3) is 16.7 Å². The molecule has 0 aliphatic rings. The van der Waals surface area contributed by atoms with E-state index in [9.17, 15) is 4.79 Å². The van der Waals surface area contributed by atoms with Crippen molar-refractivity contribution in [1.82, 2.24) is 29.5 Å². The maximum absolute atomic E-state index is 13.2. The second kappa shape index (κ2) is 6.33. The highest BCUT2D eigenvalue weighted by molar-refractivity contribution is 5.80. The average molecular weight is 344 g/mol. The zero-order valence-electron chi connectivity index (χ0n) is 14.4. The van der Waals surface area contributed by atoms with E-state index >= 15 is 0 Å². The Morgan fingerprint density at radius 1 is 1.19 bits per heavy atom. The molecular formula is C19H16N6O. The van der Waals surface area contributed by atoms with Gasteiger partial charge in [-0.2, -0.15) is 10.2 Å². The Morgan fingerprint density at radius 3 is 2.69 bits per heavy atom. The van der Waals surface area contributed by atoms with Gasteiger partial charge in [0, 0.05) is 19.7 Å². The molecule has 7 nitrogen and oxygen atoms in total. The summed E-state index contributed by atoms with van der Waals surface area (Å²) >= 11 is 0. The molecule has 4 rings (SSSR count). The quantitative estimate of drug-likeness (QED) is 0.562. The fourth-order valence-corrected chi connectivity index (χ4v) is 2.81. The minimum Gasteiger partial charge on any atom is -0.275 e. The van der Waals surface area contributed by atoms with E-state index in [0.29, 0.717) is 29.0 Å². The van der Waals surface area contributed by atoms with Gasteiger partial charge < -0.3 is 0 Å². The SMILES string of the molecule is CCc1nc2n[nH]c(C#Cc3cnn(C)c3)c2c(=O)n1-c1ccccc1. The number of aryl methyl sites for hydroxylation is 2. The molecule has 7 heteroatoms. The van der Waals surface area contributed by atoms with E-state index in [4.69, 9.17) is 0 Å². The van der Waals surface area contributed by atoms with E-state index in [1.807, 2.05) is 44.3 Å². The molecule has 0 unspecified atom stereocenters. The molecule has 0 aliphatic heterocycles. The van der Waals surface area contributed by atoms with Crippen molar-refractivity contribution in [1.29, 1.82) is 0 Å². The second-order valence-electron chi connectivity index (χ2n) is 5.81. The van der Waals surface area contributed by atoms with Crippen LogP contribution < -0.4 is 5.56 Å². The normalized spacial score (nSPS) is 10.7. The summed E-state index contributed by atoms with van der Waals surface area (Å²) in [5.74, 6) is 6.63. The molecular weight excluding hydrogens is 328 g/mol. The Morgan fingerprint density at radius 2 is 2.00 bits per heavy atom. The van der Waals surface area contributed by atoms with Gasteiger partial charge in [-0.3, -0.25) is 19.1 Å². The third-order valence-corrected chi connectivity index (χ3v) is 4.02. The first-order chi connectivity index (χ1) is 12.7. The highest BCUT2D eigenvalue weighted by Gasteiger charge is 2.16. The third-order valence-electron chi connectivity index (χ3n) is 4.02. The molecule has 0 saturated carbocycles. The van der Waals surface area contributed by atoms with Gasteiger partial charge in [-0.1, -0.05) is 31.0 Å². The fraction of sp³-hybridized carbons (Fsp3) is 0.158. The highest BCUT2D eigenvalue weighted by atomic mass is 16.1. The van der Waals surface area contributed by atoms with Crippen molar-refractivity contribution in [3.63, 3.8) is 0 Å². The zero-order chi connectivity index (χ0) is 18.1. The van der Waals surface area contributed by atoms with Crippen LogP contribution in [0.15, 0.2) is 47.5 Å². The number of fused-ring (bicyclic) bond motifs is 1. The summed E-state index contributed by atoms with van der Waals surface area (Å²) in [6.07, 6.45) is 4.09. The summed E-state index contributed by atoms with van der Waals surface area (Å²) in [6, 6.07) is 9.47. The molecule has 0 bridgehead atoms. The van der Waals surface area contributed by atoms with Crippen LogP contribution in [0.4, 0.5) is 0 Å². The van der Waals surface area contributed by atoms with Crippen molar-refractivity contribution in [3.8, 4) is 17.5 Å². The number of nitrogens with one attached hydrogen (secondary N) is 1. The Hall–Kier alpha value is -3.66. The van der Waals surface area contributed by atoms with Gasteiger partial charge in [0.05, 0.1) is 17.4 Å². The number of hydrogen-bond donors (Lipinski definition) is 1. The smallest absolute Gasteiger partial charge is 0.270 e. The maximum atomic E-state index is 13.2. The van der Waals surface area contributed by atoms with Gasteiger partial charge in [-0.05, 0) is 18.1 Å². The van der Waals surface area contributed by atoms with E-state index in [-0.39, 0.29) is 5.56 Å². The van der Waals surface area contributed by atoms with Crippen LogP contribution in [0.3, 0.4) is 0 Å². The van der Waals surface area contributed by atoms with Crippen LogP contribution in [0, 0.1) is 11.8 Å². The molecule has 0 spiro atoms. The second-order valence-corrected chi connectivity index (χ2v) is 5.81. The lowest BCUT2D eigenvalue weighted by molar-refractivity contribution is 0.767. The molecule has 4 aromatic rings. The molecule has 3 aromatic heterocycles. The number of benzene rings is 1. The maximum Gasteiger partial charge on any atom is 0.270 e. The first-order valence-corrected chi connectivity index (χ1v) is 8.23. The van der Waals surface area contributed by atoms with Crippen molar-refractivity contribution in [3.05, 3.63) is 70.2 Å². The largest absolute Gasteiger partial charge is 0.275 e. The van der Waals surface area contributed by atoms with Gasteiger partial charge in [0.1, 0.15) is 16.9 Å². The molecule has 0 aliphatic carbocycles. The number of aromatic amines is 1. The molecule has 0 fully saturated rings. The predicted molar refractivity (Wildman–Crippen MR) is 98.1 cm³/mol. The monoisotopic (exact) mass is 344 g/mol. The van der Waals surface area contributed by atoms with Crippen LogP contribution >= 0.6 is 0 Å². The molecule has 1 N–H and O–H groups in total. The predicted octanol–water partition coefficient (Wildman–Crippen LogP) is 1.80. The summed E-state index contributed by atoms with van der Waals surface area (Å²) in [6.45, 7) is 1.96. The fourth-order valence-electron chi connectivity index (χ4n) is 2.81. The Kier molecular flexibility index (Phi) is 3.86. The van der Waals surface area contributed by atoms with E-state index in [1.54, 1.807) is 21.6 Å². The van der Waals surface area contributed by atoms with E-state index < -0.39 is 0 Å². The van der Waals surface area contributed by atoms with Gasteiger partial charge in [0.25, 0.3) is 5.56 Å². The van der Waals surface area contributed by atoms with Crippen molar-refractivity contribution in [2.24, 2.45) is 7.05 Å². The molecule has 0 saturated heterocycles. The molecule has 0 radical (unpaired) electrons. The number of rotatable bonds is 2. The number of H-pyrrole nitrogens is 1. The van der Waals surface area contributed by atoms with Crippen molar-refractivity contribution < 1.29 is 0 Å². The first-order valence-electron chi connectivity index (χ1n) is 8.23. The Balaban J connectivity index is 1.93. The van der Waals surface area contributed by atoms with Crippen LogP contribution in [-0.2, 0) is 13.5 Å². The van der Waals surface area contributed by atoms with Gasteiger partial charge in [-0.15, -0.1) is 0 Å². The summed E-state index contributed by atoms with van der Waals surface area (Å²) in [7, 11) is 1.82. The number of para-hydroxylation sites is 1. The molecule has 3 heterocycles. The van der Waals surface area contributed by atoms with E-state index in [0.717, 1.165) is 11.3 Å². The minimum atomic E-state index is -0.178. The van der Waals surface area contributed by atoms with Crippen molar-refractivity contribution in [2.45, 2.75) is 13.3 Å². The molecule has 128 valence electrons. The van der Waals surface area contributed by atoms with Gasteiger partial charge >= 0.3 is 0 Å². The van der Waals surface area contributed by atoms with E-state index in [1.165, 1.54) is 0 Å². The van der Waals surface area contributed by atoms with Crippen LogP contribution in [-0.4, -0.2) is 29.5 Å². The zero-order valence-corrected chi connectivity index (χ0v) is 14.4. The number of aromatic nitrogens is 6. The van der Waals surface area contributed by atoms with Gasteiger partial charge in [0.2, 0.25) is 0 Å². The summed E-state index contributed by atoms with van der Waals surface area (Å²) in [5.41, 5.74) is 2.19. The van der Waals surface area contributed by atoms with E-state index in [2.05, 4.69) is 32.1 Å². The summed E-state index contributed by atoms with van der Waals surface area (Å²) < 4.78 is 3.29. The molecule has 26 heavy (non-hydrogen) atoms. The molecule has 1 aromatic carbocycles. The Bertz CT molecular complexity index is 1200. The summed E-state index contributed by atoms with van der Waals surface area (Å²) in [5, 5.41) is 11.5. The summed E-state index contributed by atoms with van der Waals surface area (Å²) in [4.78, 5) is 17.7. The van der Waals surface area contributed by atoms with Crippen LogP contribution in [0.2, 0.25) is 0 Å². The number of nitrogens with zero attached hydrogens (tertiary/aromatic N) is 5. The standard InChI is InChI=1S/C19H16N6O/c1-3-16-21-18-17(19(26)25(16)14-7-5-4-6-8-14)15(22-23-18)10-9-13-11-20-24(2)12-13/h4-8,11-12H,3H2,1-2H3,(H,22,23). The minimum absolute atomic E-state index is 0.178. The van der Waals surface area contributed by atoms with Gasteiger partial charge in [0.15, 0.2) is 5.65 Å². The first kappa shape index (κ1) is 15.8. The van der Waals surface area contributed by atoms with Crippen molar-refractivity contribution >= 4 is 11.0 Å². The average Bonchev–Trinajstić information content (AvgIpc) is 3.26. The number of hydrogen-bond acceptors (Lipinski definition) is 4. The lowest BCUT2D eigenvalue weighted by Crippen LogP contribution is -2.23. The lowest BCUT2D eigenvalue weighted by atomic mass is 10.2. The lowest BCUT2D eigenvalue weighted by Gasteiger charge is -2.10. The third kappa shape index (κ3) is 2.67.